The van der Waals surface area contributed by atoms with E-state index in [0.29, 0.717) is 6.54 Å². The summed E-state index contributed by atoms with van der Waals surface area (Å²) in [6.07, 6.45) is 2.54. The largest absolute Gasteiger partial charge is 0.355 e. The van der Waals surface area contributed by atoms with E-state index in [9.17, 15) is 4.79 Å². The lowest BCUT2D eigenvalue weighted by molar-refractivity contribution is -0.122. The Kier molecular flexibility index (Phi) is 5.85. The second kappa shape index (κ2) is 7.16. The van der Waals surface area contributed by atoms with Crippen LogP contribution in [0.15, 0.2) is 6.07 Å². The summed E-state index contributed by atoms with van der Waals surface area (Å²) in [5.74, 6) is -0.0507. The zero-order valence-electron chi connectivity index (χ0n) is 11.6. The molecule has 0 aromatic carbocycles. The molecular formula is C13H24N4O. The van der Waals surface area contributed by atoms with Crippen molar-refractivity contribution in [1.82, 2.24) is 15.1 Å². The lowest BCUT2D eigenvalue weighted by Gasteiger charge is -2.11. The molecule has 0 radical (unpaired) electrons. The van der Waals surface area contributed by atoms with E-state index in [4.69, 9.17) is 5.73 Å². The maximum atomic E-state index is 11.6. The normalized spacial score (nSPS) is 12.4. The van der Waals surface area contributed by atoms with Crippen molar-refractivity contribution >= 4 is 5.91 Å². The Morgan fingerprint density at radius 3 is 2.83 bits per heavy atom. The van der Waals surface area contributed by atoms with Crippen LogP contribution in [0.2, 0.25) is 0 Å². The summed E-state index contributed by atoms with van der Waals surface area (Å²) < 4.78 is 1.97. The predicted octanol–water partition coefficient (Wildman–Crippen LogP) is 1.13. The van der Waals surface area contributed by atoms with Gasteiger partial charge in [-0.05, 0) is 32.8 Å². The molecule has 0 saturated carbocycles. The molecule has 0 aliphatic rings. The molecule has 0 aliphatic carbocycles. The quantitative estimate of drug-likeness (QED) is 0.715. The molecule has 18 heavy (non-hydrogen) atoms. The highest BCUT2D eigenvalue weighted by molar-refractivity contribution is 5.81. The first-order valence-electron chi connectivity index (χ1n) is 6.59. The maximum absolute atomic E-state index is 11.6. The highest BCUT2D eigenvalue weighted by Crippen LogP contribution is 2.02. The third kappa shape index (κ3) is 4.49. The molecule has 1 aromatic heterocycles. The fourth-order valence-corrected chi connectivity index (χ4v) is 1.91. The van der Waals surface area contributed by atoms with Crippen molar-refractivity contribution in [1.29, 1.82) is 0 Å². The van der Waals surface area contributed by atoms with Crippen LogP contribution in [0.1, 0.15) is 37.6 Å². The molecule has 0 aliphatic heterocycles. The number of amides is 1. The van der Waals surface area contributed by atoms with Crippen molar-refractivity contribution in [2.75, 3.05) is 6.54 Å². The molecule has 1 aromatic rings. The van der Waals surface area contributed by atoms with Crippen molar-refractivity contribution < 1.29 is 4.79 Å². The van der Waals surface area contributed by atoms with Gasteiger partial charge in [-0.2, -0.15) is 5.10 Å². The van der Waals surface area contributed by atoms with Gasteiger partial charge in [0.25, 0.3) is 0 Å². The first-order chi connectivity index (χ1) is 8.54. The van der Waals surface area contributed by atoms with E-state index >= 15 is 0 Å². The molecule has 1 unspecified atom stereocenters. The van der Waals surface area contributed by atoms with Gasteiger partial charge in [0.1, 0.15) is 0 Å². The molecule has 1 heterocycles. The van der Waals surface area contributed by atoms with Gasteiger partial charge in [-0.25, -0.2) is 0 Å². The zero-order valence-corrected chi connectivity index (χ0v) is 11.6. The minimum Gasteiger partial charge on any atom is -0.355 e. The van der Waals surface area contributed by atoms with Crippen LogP contribution in [0.3, 0.4) is 0 Å². The minimum atomic E-state index is -0.372. The van der Waals surface area contributed by atoms with Gasteiger partial charge in [0.05, 0.1) is 11.7 Å². The molecule has 0 fully saturated rings. The van der Waals surface area contributed by atoms with Crippen molar-refractivity contribution in [3.05, 3.63) is 17.5 Å². The Morgan fingerprint density at radius 1 is 1.56 bits per heavy atom. The molecule has 5 nitrogen and oxygen atoms in total. The predicted molar refractivity (Wildman–Crippen MR) is 72.2 cm³/mol. The average Bonchev–Trinajstić information content (AvgIpc) is 2.63. The van der Waals surface area contributed by atoms with Crippen molar-refractivity contribution in [2.45, 2.75) is 52.6 Å². The van der Waals surface area contributed by atoms with Crippen molar-refractivity contribution in [2.24, 2.45) is 5.73 Å². The van der Waals surface area contributed by atoms with Crippen LogP contribution >= 0.6 is 0 Å². The van der Waals surface area contributed by atoms with E-state index in [0.717, 1.165) is 37.2 Å². The Balaban J connectivity index is 2.23. The maximum Gasteiger partial charge on any atom is 0.236 e. The number of nitrogens with two attached hydrogens (primary N) is 1. The smallest absolute Gasteiger partial charge is 0.236 e. The molecule has 1 atom stereocenters. The Bertz CT molecular complexity index is 386. The van der Waals surface area contributed by atoms with E-state index in [1.54, 1.807) is 0 Å². The summed E-state index contributed by atoms with van der Waals surface area (Å²) in [6.45, 7) is 7.51. The number of nitrogens with zero attached hydrogens (tertiary/aromatic N) is 2. The Labute approximate surface area is 109 Å². The Morgan fingerprint density at radius 2 is 2.28 bits per heavy atom. The first kappa shape index (κ1) is 14.7. The fraction of sp³-hybridized carbons (Fsp3) is 0.692. The monoisotopic (exact) mass is 252 g/mol. The van der Waals surface area contributed by atoms with Gasteiger partial charge < -0.3 is 11.1 Å². The molecule has 0 bridgehead atoms. The molecule has 1 amide bonds. The van der Waals surface area contributed by atoms with Gasteiger partial charge in [-0.15, -0.1) is 0 Å². The van der Waals surface area contributed by atoms with Crippen LogP contribution in [0.25, 0.3) is 0 Å². The molecular weight excluding hydrogens is 228 g/mol. The second-order valence-electron chi connectivity index (χ2n) is 4.69. The number of aromatic nitrogens is 2. The van der Waals surface area contributed by atoms with E-state index in [2.05, 4.69) is 16.5 Å². The second-order valence-corrected chi connectivity index (χ2v) is 4.69. The standard InChI is InChI=1S/C13H24N4O/c1-4-6-12(14)13(18)15-7-5-8-17-11(3)9-10(2)16-17/h9,12H,4-8,14H2,1-3H3,(H,15,18). The molecule has 0 saturated heterocycles. The molecule has 3 N–H and O–H groups in total. The molecule has 0 spiro atoms. The van der Waals surface area contributed by atoms with Crippen LogP contribution in [-0.4, -0.2) is 28.3 Å². The van der Waals surface area contributed by atoms with Crippen LogP contribution in [0.4, 0.5) is 0 Å². The van der Waals surface area contributed by atoms with Gasteiger partial charge >= 0.3 is 0 Å². The molecule has 5 heteroatoms. The fourth-order valence-electron chi connectivity index (χ4n) is 1.91. The summed E-state index contributed by atoms with van der Waals surface area (Å²) in [7, 11) is 0. The third-order valence-corrected chi connectivity index (χ3v) is 2.89. The van der Waals surface area contributed by atoms with Gasteiger partial charge in [0, 0.05) is 18.8 Å². The number of nitrogens with one attached hydrogen (secondary N) is 1. The van der Waals surface area contributed by atoms with E-state index < -0.39 is 0 Å². The number of rotatable bonds is 7. The number of hydrogen-bond donors (Lipinski definition) is 2. The van der Waals surface area contributed by atoms with E-state index in [-0.39, 0.29) is 11.9 Å². The lowest BCUT2D eigenvalue weighted by Crippen LogP contribution is -2.40. The number of aryl methyl sites for hydroxylation is 3. The van der Waals surface area contributed by atoms with Gasteiger partial charge in [-0.1, -0.05) is 13.3 Å². The van der Waals surface area contributed by atoms with Gasteiger partial charge in [0.2, 0.25) is 5.91 Å². The molecule has 102 valence electrons. The topological polar surface area (TPSA) is 72.9 Å². The molecule has 1 rings (SSSR count). The van der Waals surface area contributed by atoms with Gasteiger partial charge in [-0.3, -0.25) is 9.48 Å². The summed E-state index contributed by atoms with van der Waals surface area (Å²) in [5, 5.41) is 7.23. The Hall–Kier alpha value is -1.36. The minimum absolute atomic E-state index is 0.0507. The number of hydrogen-bond acceptors (Lipinski definition) is 3. The van der Waals surface area contributed by atoms with Crippen LogP contribution < -0.4 is 11.1 Å². The zero-order chi connectivity index (χ0) is 13.5. The average molecular weight is 252 g/mol. The highest BCUT2D eigenvalue weighted by atomic mass is 16.2. The summed E-state index contributed by atoms with van der Waals surface area (Å²) in [5.41, 5.74) is 7.90. The SMILES string of the molecule is CCCC(N)C(=O)NCCCn1nc(C)cc1C. The van der Waals surface area contributed by atoms with Crippen LogP contribution in [0.5, 0.6) is 0 Å². The number of carbonyl (C=O) groups excluding carboxylic acids is 1. The van der Waals surface area contributed by atoms with E-state index in [1.807, 2.05) is 25.5 Å². The van der Waals surface area contributed by atoms with Crippen molar-refractivity contribution in [3.8, 4) is 0 Å². The summed E-state index contributed by atoms with van der Waals surface area (Å²) >= 11 is 0. The third-order valence-electron chi connectivity index (χ3n) is 2.89. The number of carbonyl (C=O) groups is 1. The first-order valence-corrected chi connectivity index (χ1v) is 6.59. The van der Waals surface area contributed by atoms with Crippen LogP contribution in [-0.2, 0) is 11.3 Å². The van der Waals surface area contributed by atoms with E-state index in [1.165, 1.54) is 0 Å². The summed E-state index contributed by atoms with van der Waals surface area (Å²) in [4.78, 5) is 11.6. The summed E-state index contributed by atoms with van der Waals surface area (Å²) in [6, 6.07) is 1.68. The van der Waals surface area contributed by atoms with Crippen molar-refractivity contribution in [3.63, 3.8) is 0 Å². The highest BCUT2D eigenvalue weighted by Gasteiger charge is 2.10. The van der Waals surface area contributed by atoms with Gasteiger partial charge in [0.15, 0.2) is 0 Å². The van der Waals surface area contributed by atoms with Crippen LogP contribution in [0, 0.1) is 13.8 Å². The lowest BCUT2D eigenvalue weighted by atomic mass is 10.2.